The van der Waals surface area contributed by atoms with Crippen molar-refractivity contribution < 1.29 is 35.5 Å². The molecule has 0 saturated carbocycles. The van der Waals surface area contributed by atoms with E-state index in [1.165, 1.54) is 18.7 Å². The van der Waals surface area contributed by atoms with Crippen LogP contribution in [0.4, 0.5) is 28.9 Å². The van der Waals surface area contributed by atoms with Gasteiger partial charge < -0.3 is 15.0 Å². The lowest BCUT2D eigenvalue weighted by Gasteiger charge is -2.37. The van der Waals surface area contributed by atoms with Crippen LogP contribution in [0.15, 0.2) is 0 Å². The Kier molecular flexibility index (Phi) is 8.89. The zero-order valence-electron chi connectivity index (χ0n) is 18.5. The Morgan fingerprint density at radius 1 is 1.03 bits per heavy atom. The molecule has 0 aliphatic carbocycles. The number of nitrogens with zero attached hydrogens (tertiary/aromatic N) is 1. The summed E-state index contributed by atoms with van der Waals surface area (Å²) >= 11 is 0. The van der Waals surface area contributed by atoms with Crippen LogP contribution in [0, 0.1) is 23.3 Å². The van der Waals surface area contributed by atoms with E-state index < -0.39 is 68.0 Å². The molecule has 0 bridgehead atoms. The number of carbonyl (C=O) groups excluding carboxylic acids is 1. The minimum Gasteiger partial charge on any atom is -0.372 e. The summed E-state index contributed by atoms with van der Waals surface area (Å²) in [6, 6.07) is 0. The molecule has 0 radical (unpaired) electrons. The van der Waals surface area contributed by atoms with E-state index in [1.54, 1.807) is 13.8 Å². The molecule has 2 N–H and O–H groups in total. The second-order valence-corrected chi connectivity index (χ2v) is 10.5. The molecule has 1 aliphatic rings. The van der Waals surface area contributed by atoms with Crippen molar-refractivity contribution in [3.05, 3.63) is 23.3 Å². The molecule has 1 saturated heterocycles. The fourth-order valence-electron chi connectivity index (χ4n) is 3.36. The Hall–Kier alpha value is -1.92. The summed E-state index contributed by atoms with van der Waals surface area (Å²) in [7, 11) is -3.43. The van der Waals surface area contributed by atoms with Gasteiger partial charge in [-0.25, -0.2) is 30.7 Å². The van der Waals surface area contributed by atoms with Crippen LogP contribution in [0.25, 0.3) is 0 Å². The smallest absolute Gasteiger partial charge is 0.224 e. The lowest BCUT2D eigenvalue weighted by Crippen LogP contribution is -2.46. The third kappa shape index (κ3) is 6.32. The molecule has 1 aromatic carbocycles. The third-order valence-corrected chi connectivity index (χ3v) is 6.84. The monoisotopic (exact) mass is 483 g/mol. The molecule has 1 heterocycles. The van der Waals surface area contributed by atoms with Gasteiger partial charge in [-0.3, -0.25) is 4.79 Å². The van der Waals surface area contributed by atoms with Crippen molar-refractivity contribution >= 4 is 27.3 Å². The molecular weight excluding hydrogens is 454 g/mol. The van der Waals surface area contributed by atoms with Gasteiger partial charge in [-0.2, -0.15) is 0 Å². The number of carbonyl (C=O) groups is 1. The predicted octanol–water partition coefficient (Wildman–Crippen LogP) is 3.29. The Morgan fingerprint density at radius 3 is 2.06 bits per heavy atom. The molecular formula is C20H29F4N3O4S. The number of amides is 1. The number of morpholine rings is 1. The normalized spacial score (nSPS) is 19.5. The highest BCUT2D eigenvalue weighted by atomic mass is 32.2. The van der Waals surface area contributed by atoms with Crippen molar-refractivity contribution in [3.63, 3.8) is 0 Å². The van der Waals surface area contributed by atoms with E-state index in [9.17, 15) is 30.8 Å². The van der Waals surface area contributed by atoms with Gasteiger partial charge in [-0.05, 0) is 40.5 Å². The summed E-state index contributed by atoms with van der Waals surface area (Å²) in [5, 5.41) is 1.28. The van der Waals surface area contributed by atoms with Crippen LogP contribution in [0.5, 0.6) is 0 Å². The van der Waals surface area contributed by atoms with E-state index >= 15 is 0 Å². The number of nitrogens with one attached hydrogen (secondary N) is 2. The van der Waals surface area contributed by atoms with Crippen LogP contribution in [0.2, 0.25) is 0 Å². The summed E-state index contributed by atoms with van der Waals surface area (Å²) in [5.74, 6) is -7.42. The number of ether oxygens (including phenoxy) is 1. The Bertz CT molecular complexity index is 904. The first-order chi connectivity index (χ1) is 14.8. The Balaban J connectivity index is 2.04. The highest BCUT2D eigenvalue weighted by molar-refractivity contribution is 7.90. The number of hydrogen-bond acceptors (Lipinski definition) is 5. The predicted molar refractivity (Wildman–Crippen MR) is 113 cm³/mol. The minimum atomic E-state index is -3.43. The summed E-state index contributed by atoms with van der Waals surface area (Å²) in [5.41, 5.74) is -2.03. The number of sulfonamides is 1. The van der Waals surface area contributed by atoms with Crippen LogP contribution in [0.1, 0.15) is 47.0 Å². The molecule has 0 aromatic heterocycles. The fourth-order valence-corrected chi connectivity index (χ4v) is 4.12. The van der Waals surface area contributed by atoms with Crippen molar-refractivity contribution in [1.29, 1.82) is 0 Å². The average molecular weight is 484 g/mol. The molecule has 2 rings (SSSR count). The van der Waals surface area contributed by atoms with Crippen molar-refractivity contribution in [2.45, 2.75) is 64.4 Å². The Morgan fingerprint density at radius 2 is 1.56 bits per heavy atom. The maximum Gasteiger partial charge on any atom is 0.224 e. The molecule has 1 aromatic rings. The maximum absolute atomic E-state index is 14.6. The SMILES string of the molecule is CC(C)S(=O)(=O)NCCCCC(=O)Nc1c(F)c(F)c(N2C[C@@H](C)O[C@@H](C)C2)c(F)c1F. The summed E-state index contributed by atoms with van der Waals surface area (Å²) in [6.07, 6.45) is -0.519. The van der Waals surface area contributed by atoms with Gasteiger partial charge in [-0.15, -0.1) is 0 Å². The lowest BCUT2D eigenvalue weighted by molar-refractivity contribution is -0.116. The number of benzene rings is 1. The number of unbranched alkanes of at least 4 members (excludes halogenated alkanes) is 1. The quantitative estimate of drug-likeness (QED) is 0.320. The Labute approximate surface area is 185 Å². The van der Waals surface area contributed by atoms with Crippen molar-refractivity contribution in [3.8, 4) is 0 Å². The topological polar surface area (TPSA) is 87.7 Å². The molecule has 1 fully saturated rings. The standard InChI is InChI=1S/C20H29F4N3O4S/c1-11(2)32(29,30)25-8-6-5-7-14(28)26-19-15(21)17(23)20(18(24)16(19)22)27-9-12(3)31-13(4)10-27/h11-13,25H,5-10H2,1-4H3,(H,26,28)/t12-,13+. The van der Waals surface area contributed by atoms with Gasteiger partial charge in [0.25, 0.3) is 0 Å². The van der Waals surface area contributed by atoms with Crippen LogP contribution in [0.3, 0.4) is 0 Å². The van der Waals surface area contributed by atoms with E-state index in [2.05, 4.69) is 4.72 Å². The molecule has 182 valence electrons. The third-order valence-electron chi connectivity index (χ3n) is 4.99. The number of halogens is 4. The van der Waals surface area contributed by atoms with Crippen LogP contribution >= 0.6 is 0 Å². The zero-order chi connectivity index (χ0) is 24.2. The molecule has 1 aliphatic heterocycles. The first kappa shape index (κ1) is 26.3. The lowest BCUT2D eigenvalue weighted by atomic mass is 10.1. The minimum absolute atomic E-state index is 0.0450. The van der Waals surface area contributed by atoms with Gasteiger partial charge in [-0.1, -0.05) is 0 Å². The van der Waals surface area contributed by atoms with E-state index in [0.29, 0.717) is 6.42 Å². The number of hydrogen-bond donors (Lipinski definition) is 2. The van der Waals surface area contributed by atoms with Crippen molar-refractivity contribution in [2.24, 2.45) is 0 Å². The van der Waals surface area contributed by atoms with Gasteiger partial charge in [0.1, 0.15) is 11.4 Å². The summed E-state index contributed by atoms with van der Waals surface area (Å²) in [6.45, 7) is 6.56. The molecule has 0 spiro atoms. The molecule has 32 heavy (non-hydrogen) atoms. The second kappa shape index (κ2) is 10.8. The van der Waals surface area contributed by atoms with E-state index in [4.69, 9.17) is 4.74 Å². The first-order valence-corrected chi connectivity index (χ1v) is 11.9. The molecule has 12 heteroatoms. The van der Waals surface area contributed by atoms with Gasteiger partial charge in [0.05, 0.1) is 17.5 Å². The largest absolute Gasteiger partial charge is 0.372 e. The van der Waals surface area contributed by atoms with Gasteiger partial charge in [0, 0.05) is 26.1 Å². The average Bonchev–Trinajstić information content (AvgIpc) is 2.68. The summed E-state index contributed by atoms with van der Waals surface area (Å²) in [4.78, 5) is 13.2. The zero-order valence-corrected chi connectivity index (χ0v) is 19.3. The number of anilines is 2. The van der Waals surface area contributed by atoms with E-state index in [1.807, 2.05) is 5.32 Å². The van der Waals surface area contributed by atoms with Crippen LogP contribution < -0.4 is 14.9 Å². The highest BCUT2D eigenvalue weighted by Crippen LogP contribution is 2.35. The van der Waals surface area contributed by atoms with Crippen LogP contribution in [-0.4, -0.2) is 51.4 Å². The molecule has 1 amide bonds. The fraction of sp³-hybridized carbons (Fsp3) is 0.650. The summed E-state index contributed by atoms with van der Waals surface area (Å²) < 4.78 is 89.4. The van der Waals surface area contributed by atoms with Crippen molar-refractivity contribution in [2.75, 3.05) is 29.9 Å². The molecule has 2 atom stereocenters. The van der Waals surface area contributed by atoms with Crippen LogP contribution in [-0.2, 0) is 19.6 Å². The maximum atomic E-state index is 14.6. The van der Waals surface area contributed by atoms with Gasteiger partial charge in [0.15, 0.2) is 23.3 Å². The van der Waals surface area contributed by atoms with E-state index in [0.717, 1.165) is 0 Å². The van der Waals surface area contributed by atoms with Gasteiger partial charge >= 0.3 is 0 Å². The second-order valence-electron chi connectivity index (χ2n) is 8.14. The highest BCUT2D eigenvalue weighted by Gasteiger charge is 2.33. The molecule has 7 nitrogen and oxygen atoms in total. The number of rotatable bonds is 9. The van der Waals surface area contributed by atoms with Gasteiger partial charge in [0.2, 0.25) is 15.9 Å². The van der Waals surface area contributed by atoms with Crippen molar-refractivity contribution in [1.82, 2.24) is 4.72 Å². The molecule has 0 unspecified atom stereocenters. The van der Waals surface area contributed by atoms with E-state index in [-0.39, 0.29) is 32.5 Å². The first-order valence-electron chi connectivity index (χ1n) is 10.4.